The molecule has 1 amide bonds. The second kappa shape index (κ2) is 6.73. The Morgan fingerprint density at radius 3 is 2.95 bits per heavy atom. The van der Waals surface area contributed by atoms with Crippen LogP contribution in [0.25, 0.3) is 6.08 Å². The van der Waals surface area contributed by atoms with E-state index in [-0.39, 0.29) is 17.2 Å². The summed E-state index contributed by atoms with van der Waals surface area (Å²) in [5.74, 6) is -0.842. The monoisotopic (exact) mass is 309 g/mol. The van der Waals surface area contributed by atoms with Gasteiger partial charge in [0.1, 0.15) is 11.6 Å². The summed E-state index contributed by atoms with van der Waals surface area (Å²) in [5, 5.41) is 12.8. The van der Waals surface area contributed by atoms with Crippen LogP contribution in [0.3, 0.4) is 0 Å². The summed E-state index contributed by atoms with van der Waals surface area (Å²) < 4.78 is 13.2. The fourth-order valence-corrected chi connectivity index (χ4v) is 2.47. The highest BCUT2D eigenvalue weighted by molar-refractivity contribution is 8.18. The average molecular weight is 309 g/mol. The molecule has 5 nitrogen and oxygen atoms in total. The SMILES string of the molecule is CN(C)CCN=C1NC(=O)/C(=C\c2cc(F)ccc2O)S1. The third-order valence-electron chi connectivity index (χ3n) is 2.73. The van der Waals surface area contributed by atoms with Crippen LogP contribution in [0.4, 0.5) is 4.39 Å². The number of halogens is 1. The Hall–Kier alpha value is -1.86. The van der Waals surface area contributed by atoms with Crippen LogP contribution in [-0.4, -0.2) is 48.3 Å². The lowest BCUT2D eigenvalue weighted by Gasteiger charge is -2.05. The molecule has 0 bridgehead atoms. The molecule has 2 N–H and O–H groups in total. The molecule has 1 aliphatic heterocycles. The molecule has 0 atom stereocenters. The van der Waals surface area contributed by atoms with Crippen molar-refractivity contribution in [1.29, 1.82) is 0 Å². The molecule has 1 heterocycles. The number of aromatic hydroxyl groups is 1. The third-order valence-corrected chi connectivity index (χ3v) is 3.68. The van der Waals surface area contributed by atoms with Crippen molar-refractivity contribution in [3.05, 3.63) is 34.5 Å². The van der Waals surface area contributed by atoms with E-state index in [1.807, 2.05) is 19.0 Å². The van der Waals surface area contributed by atoms with Gasteiger partial charge in [0.25, 0.3) is 5.91 Å². The van der Waals surface area contributed by atoms with Gasteiger partial charge in [-0.25, -0.2) is 4.39 Å². The minimum absolute atomic E-state index is 0.0738. The number of hydrogen-bond donors (Lipinski definition) is 2. The first kappa shape index (κ1) is 15.5. The van der Waals surface area contributed by atoms with E-state index in [9.17, 15) is 14.3 Å². The predicted molar refractivity (Wildman–Crippen MR) is 82.6 cm³/mol. The van der Waals surface area contributed by atoms with E-state index < -0.39 is 5.82 Å². The van der Waals surface area contributed by atoms with Gasteiger partial charge in [-0.1, -0.05) is 0 Å². The van der Waals surface area contributed by atoms with E-state index >= 15 is 0 Å². The minimum Gasteiger partial charge on any atom is -0.507 e. The van der Waals surface area contributed by atoms with Crippen LogP contribution < -0.4 is 5.32 Å². The first-order valence-corrected chi connectivity index (χ1v) is 7.16. The summed E-state index contributed by atoms with van der Waals surface area (Å²) in [5.41, 5.74) is 0.266. The number of amides is 1. The Morgan fingerprint density at radius 2 is 2.24 bits per heavy atom. The van der Waals surface area contributed by atoms with E-state index in [0.717, 1.165) is 12.6 Å². The van der Waals surface area contributed by atoms with Crippen molar-refractivity contribution in [2.24, 2.45) is 4.99 Å². The van der Waals surface area contributed by atoms with Crippen molar-refractivity contribution in [2.45, 2.75) is 0 Å². The number of amidine groups is 1. The molecule has 0 aromatic heterocycles. The van der Waals surface area contributed by atoms with Gasteiger partial charge in [-0.2, -0.15) is 0 Å². The van der Waals surface area contributed by atoms with Crippen molar-refractivity contribution in [2.75, 3.05) is 27.2 Å². The number of carbonyl (C=O) groups is 1. The van der Waals surface area contributed by atoms with Crippen LogP contribution in [0.5, 0.6) is 5.75 Å². The molecular weight excluding hydrogens is 293 g/mol. The first-order chi connectivity index (χ1) is 9.95. The van der Waals surface area contributed by atoms with Gasteiger partial charge in [-0.3, -0.25) is 9.79 Å². The Labute approximate surface area is 126 Å². The van der Waals surface area contributed by atoms with Crippen molar-refractivity contribution < 1.29 is 14.3 Å². The van der Waals surface area contributed by atoms with E-state index in [1.165, 1.54) is 30.0 Å². The summed E-state index contributed by atoms with van der Waals surface area (Å²) in [6.07, 6.45) is 1.45. The second-order valence-corrected chi connectivity index (χ2v) is 5.79. The minimum atomic E-state index is -0.470. The number of phenols is 1. The van der Waals surface area contributed by atoms with Crippen LogP contribution in [-0.2, 0) is 4.79 Å². The predicted octanol–water partition coefficient (Wildman–Crippen LogP) is 1.65. The molecule has 112 valence electrons. The van der Waals surface area contributed by atoms with E-state index in [4.69, 9.17) is 0 Å². The highest BCUT2D eigenvalue weighted by atomic mass is 32.2. The molecule has 0 spiro atoms. The Morgan fingerprint density at radius 1 is 1.48 bits per heavy atom. The Bertz CT molecular complexity index is 614. The van der Waals surface area contributed by atoms with Crippen LogP contribution >= 0.6 is 11.8 Å². The zero-order chi connectivity index (χ0) is 15.4. The van der Waals surface area contributed by atoms with Crippen LogP contribution in [0.2, 0.25) is 0 Å². The molecule has 1 aliphatic rings. The van der Waals surface area contributed by atoms with Gasteiger partial charge in [0.2, 0.25) is 0 Å². The fourth-order valence-electron chi connectivity index (χ4n) is 1.64. The van der Waals surface area contributed by atoms with Gasteiger partial charge in [0.15, 0.2) is 5.17 Å². The Kier molecular flexibility index (Phi) is 4.98. The van der Waals surface area contributed by atoms with Gasteiger partial charge in [-0.05, 0) is 50.1 Å². The molecule has 0 aliphatic carbocycles. The zero-order valence-electron chi connectivity index (χ0n) is 11.8. The molecule has 1 fully saturated rings. The number of phenolic OH excluding ortho intramolecular Hbond substituents is 1. The van der Waals surface area contributed by atoms with Crippen molar-refractivity contribution in [1.82, 2.24) is 10.2 Å². The molecule has 1 saturated heterocycles. The van der Waals surface area contributed by atoms with Crippen LogP contribution in [0.15, 0.2) is 28.1 Å². The highest BCUT2D eigenvalue weighted by Gasteiger charge is 2.23. The molecule has 1 aromatic carbocycles. The maximum atomic E-state index is 13.2. The molecule has 2 rings (SSSR count). The number of hydrogen-bond acceptors (Lipinski definition) is 5. The van der Waals surface area contributed by atoms with Gasteiger partial charge in [0, 0.05) is 12.1 Å². The molecule has 21 heavy (non-hydrogen) atoms. The lowest BCUT2D eigenvalue weighted by atomic mass is 10.2. The quantitative estimate of drug-likeness (QED) is 0.830. The summed E-state index contributed by atoms with van der Waals surface area (Å²) >= 11 is 1.18. The standard InChI is InChI=1S/C14H16FN3O2S/c1-18(2)6-5-16-14-17-13(20)12(21-14)8-9-7-10(15)3-4-11(9)19/h3-4,7-8,19H,5-6H2,1-2H3,(H,16,17,20)/b12-8+. The van der Waals surface area contributed by atoms with Gasteiger partial charge in [-0.15, -0.1) is 0 Å². The lowest BCUT2D eigenvalue weighted by molar-refractivity contribution is -0.115. The average Bonchev–Trinajstić information content (AvgIpc) is 2.74. The van der Waals surface area contributed by atoms with Crippen molar-refractivity contribution in [3.63, 3.8) is 0 Å². The third kappa shape index (κ3) is 4.30. The summed E-state index contributed by atoms with van der Waals surface area (Å²) in [4.78, 5) is 18.5. The number of thioether (sulfide) groups is 1. The van der Waals surface area contributed by atoms with Crippen LogP contribution in [0, 0.1) is 5.82 Å². The number of likely N-dealkylation sites (N-methyl/N-ethyl adjacent to an activating group) is 1. The number of nitrogens with zero attached hydrogens (tertiary/aromatic N) is 2. The molecule has 1 aromatic rings. The van der Waals surface area contributed by atoms with Crippen molar-refractivity contribution in [3.8, 4) is 5.75 Å². The number of aliphatic imine (C=N–C) groups is 1. The summed E-state index contributed by atoms with van der Waals surface area (Å²) in [6, 6.07) is 3.59. The molecular formula is C14H16FN3O2S. The number of nitrogens with one attached hydrogen (secondary N) is 1. The summed E-state index contributed by atoms with van der Waals surface area (Å²) in [7, 11) is 3.89. The molecule has 7 heteroatoms. The van der Waals surface area contributed by atoms with Crippen molar-refractivity contribution >= 4 is 28.9 Å². The normalized spacial score (nSPS) is 18.8. The van der Waals surface area contributed by atoms with E-state index in [1.54, 1.807) is 0 Å². The second-order valence-electron chi connectivity index (χ2n) is 4.76. The van der Waals surface area contributed by atoms with Gasteiger partial charge < -0.3 is 15.3 Å². The summed E-state index contributed by atoms with van der Waals surface area (Å²) in [6.45, 7) is 1.36. The molecule has 0 radical (unpaired) electrons. The number of benzene rings is 1. The fraction of sp³-hybridized carbons (Fsp3) is 0.286. The Balaban J connectivity index is 2.12. The largest absolute Gasteiger partial charge is 0.507 e. The smallest absolute Gasteiger partial charge is 0.264 e. The van der Waals surface area contributed by atoms with Gasteiger partial charge in [0.05, 0.1) is 11.4 Å². The maximum Gasteiger partial charge on any atom is 0.264 e. The number of carbonyl (C=O) groups excluding carboxylic acids is 1. The zero-order valence-corrected chi connectivity index (χ0v) is 12.6. The maximum absolute atomic E-state index is 13.2. The molecule has 0 saturated carbocycles. The molecule has 0 unspecified atom stereocenters. The van der Waals surface area contributed by atoms with Crippen LogP contribution in [0.1, 0.15) is 5.56 Å². The lowest BCUT2D eigenvalue weighted by Crippen LogP contribution is -2.21. The first-order valence-electron chi connectivity index (χ1n) is 6.34. The highest BCUT2D eigenvalue weighted by Crippen LogP contribution is 2.29. The topological polar surface area (TPSA) is 64.9 Å². The van der Waals surface area contributed by atoms with E-state index in [2.05, 4.69) is 10.3 Å². The number of rotatable bonds is 4. The van der Waals surface area contributed by atoms with E-state index in [0.29, 0.717) is 16.6 Å². The van der Waals surface area contributed by atoms with Gasteiger partial charge >= 0.3 is 0 Å².